The summed E-state index contributed by atoms with van der Waals surface area (Å²) >= 11 is 0. The van der Waals surface area contributed by atoms with Crippen LogP contribution in [0.5, 0.6) is 0 Å². The molecule has 2 amide bonds. The molecule has 2 rings (SSSR count). The number of benzene rings is 1. The number of guanidine groups is 1. The van der Waals surface area contributed by atoms with Crippen molar-refractivity contribution in [2.45, 2.75) is 75.9 Å². The Morgan fingerprint density at radius 3 is 2.08 bits per heavy atom. The van der Waals surface area contributed by atoms with E-state index in [1.807, 2.05) is 0 Å². The molecule has 0 unspecified atom stereocenters. The van der Waals surface area contributed by atoms with Crippen molar-refractivity contribution in [1.29, 1.82) is 5.41 Å². The number of amides is 2. The van der Waals surface area contributed by atoms with Crippen LogP contribution in [0.15, 0.2) is 0 Å². The molecule has 1 aliphatic rings. The van der Waals surface area contributed by atoms with Crippen LogP contribution in [0.2, 0.25) is 0 Å². The molecule has 14 heteroatoms. The van der Waals surface area contributed by atoms with Crippen molar-refractivity contribution < 1.29 is 36.3 Å². The Bertz CT molecular complexity index is 993. The van der Waals surface area contributed by atoms with Gasteiger partial charge in [-0.15, -0.1) is 0 Å². The van der Waals surface area contributed by atoms with E-state index in [1.54, 1.807) is 6.29 Å². The lowest BCUT2D eigenvalue weighted by atomic mass is 9.84. The maximum Gasteiger partial charge on any atom is 0.243 e. The molecule has 0 bridgehead atoms. The van der Waals surface area contributed by atoms with Crippen molar-refractivity contribution in [1.82, 2.24) is 16.0 Å². The summed E-state index contributed by atoms with van der Waals surface area (Å²) in [6.45, 7) is 0.276. The lowest BCUT2D eigenvalue weighted by Crippen LogP contribution is -2.54. The smallest absolute Gasteiger partial charge is 0.243 e. The minimum absolute atomic E-state index is 0.0737. The molecule has 1 aliphatic carbocycles. The molecule has 3 atom stereocenters. The van der Waals surface area contributed by atoms with Crippen LogP contribution < -0.4 is 27.4 Å². The van der Waals surface area contributed by atoms with Crippen LogP contribution in [0.1, 0.15) is 56.9 Å². The molecule has 0 aliphatic heterocycles. The Labute approximate surface area is 216 Å². The van der Waals surface area contributed by atoms with E-state index in [2.05, 4.69) is 16.0 Å². The van der Waals surface area contributed by atoms with Gasteiger partial charge in [0.05, 0.1) is 12.1 Å². The van der Waals surface area contributed by atoms with E-state index in [1.165, 1.54) is 0 Å². The Kier molecular flexibility index (Phi) is 11.9. The summed E-state index contributed by atoms with van der Waals surface area (Å²) in [6.07, 6.45) is 5.92. The highest BCUT2D eigenvalue weighted by molar-refractivity contribution is 5.91. The van der Waals surface area contributed by atoms with Crippen molar-refractivity contribution in [2.24, 2.45) is 17.4 Å². The minimum Gasteiger partial charge on any atom is -0.370 e. The number of nitrogens with two attached hydrogens (primary N) is 2. The number of nitrogens with one attached hydrogen (secondary N) is 4. The third-order valence-electron chi connectivity index (χ3n) is 6.43. The van der Waals surface area contributed by atoms with Gasteiger partial charge in [0.1, 0.15) is 6.04 Å². The highest BCUT2D eigenvalue weighted by Gasteiger charge is 2.31. The molecule has 1 radical (unpaired) electrons. The molecule has 211 valence electrons. The van der Waals surface area contributed by atoms with Gasteiger partial charge in [-0.1, -0.05) is 32.1 Å². The lowest BCUT2D eigenvalue weighted by molar-refractivity contribution is -0.130. The third-order valence-corrected chi connectivity index (χ3v) is 6.43. The molecular formula is C24H32F5N6O3. The fourth-order valence-corrected chi connectivity index (χ4v) is 4.37. The highest BCUT2D eigenvalue weighted by Crippen LogP contribution is 2.28. The van der Waals surface area contributed by atoms with Crippen LogP contribution in [-0.2, 0) is 20.8 Å². The molecule has 1 aromatic rings. The summed E-state index contributed by atoms with van der Waals surface area (Å²) in [5, 5.41) is 14.6. The van der Waals surface area contributed by atoms with Crippen LogP contribution in [0.3, 0.4) is 0 Å². The molecule has 0 spiro atoms. The first kappa shape index (κ1) is 30.9. The number of hydrogen-bond donors (Lipinski definition) is 6. The first-order valence-electron chi connectivity index (χ1n) is 12.3. The Hall–Kier alpha value is -3.29. The zero-order valence-electron chi connectivity index (χ0n) is 20.6. The number of hydrogen-bond acceptors (Lipinski definition) is 5. The van der Waals surface area contributed by atoms with Crippen molar-refractivity contribution in [3.63, 3.8) is 0 Å². The van der Waals surface area contributed by atoms with Gasteiger partial charge in [0.2, 0.25) is 23.9 Å². The van der Waals surface area contributed by atoms with Gasteiger partial charge < -0.3 is 27.4 Å². The summed E-state index contributed by atoms with van der Waals surface area (Å²) in [6, 6.07) is -3.93. The Morgan fingerprint density at radius 2 is 1.53 bits per heavy atom. The predicted molar refractivity (Wildman–Crippen MR) is 128 cm³/mol. The molecule has 1 fully saturated rings. The largest absolute Gasteiger partial charge is 0.370 e. The zero-order valence-corrected chi connectivity index (χ0v) is 20.6. The third kappa shape index (κ3) is 8.64. The average molecular weight is 548 g/mol. The summed E-state index contributed by atoms with van der Waals surface area (Å²) in [4.78, 5) is 37.1. The molecule has 1 saturated carbocycles. The maximum atomic E-state index is 14.0. The molecule has 8 N–H and O–H groups in total. The van der Waals surface area contributed by atoms with E-state index in [9.17, 15) is 36.3 Å². The fourth-order valence-electron chi connectivity index (χ4n) is 4.37. The van der Waals surface area contributed by atoms with Crippen LogP contribution in [0.4, 0.5) is 22.0 Å². The van der Waals surface area contributed by atoms with Crippen LogP contribution >= 0.6 is 0 Å². The van der Waals surface area contributed by atoms with Crippen molar-refractivity contribution in [2.75, 3.05) is 6.54 Å². The molecule has 38 heavy (non-hydrogen) atoms. The van der Waals surface area contributed by atoms with Gasteiger partial charge in [0, 0.05) is 18.5 Å². The van der Waals surface area contributed by atoms with Gasteiger partial charge in [0.15, 0.2) is 29.2 Å². The van der Waals surface area contributed by atoms with E-state index < -0.39 is 71.0 Å². The molecule has 1 aromatic carbocycles. The minimum atomic E-state index is -2.33. The molecule has 0 heterocycles. The summed E-state index contributed by atoms with van der Waals surface area (Å²) in [5.41, 5.74) is 9.67. The monoisotopic (exact) mass is 547 g/mol. The summed E-state index contributed by atoms with van der Waals surface area (Å²) < 4.78 is 68.5. The van der Waals surface area contributed by atoms with Crippen LogP contribution in [0.25, 0.3) is 0 Å². The van der Waals surface area contributed by atoms with Crippen LogP contribution in [0, 0.1) is 40.4 Å². The number of carbonyl (C=O) groups is 2. The van der Waals surface area contributed by atoms with Crippen molar-refractivity contribution in [3.8, 4) is 0 Å². The normalized spacial score (nSPS) is 16.3. The maximum absolute atomic E-state index is 14.0. The Morgan fingerprint density at radius 1 is 0.947 bits per heavy atom. The first-order chi connectivity index (χ1) is 18.0. The standard InChI is InChI=1S/C24H32F5N6O3/c25-17-14(18(26)20(28)21(29)19(17)27)10-15(30)22(37)35-16(9-12-5-2-1-3-6-12)23(38)34-13(11-36)7-4-8-33-24(31)32/h12-13,15-16H,1-10,30H2,(H,34,38)(H,35,37)(H4,31,32,33)/t13-,15-,16-/m1/s1. The second-order valence-corrected chi connectivity index (χ2v) is 9.32. The van der Waals surface area contributed by atoms with Crippen molar-refractivity contribution in [3.05, 3.63) is 34.6 Å². The molecule has 0 saturated heterocycles. The second kappa shape index (κ2) is 14.6. The Balaban J connectivity index is 2.12. The quantitative estimate of drug-likeness (QED) is 0.0548. The second-order valence-electron chi connectivity index (χ2n) is 9.32. The summed E-state index contributed by atoms with van der Waals surface area (Å²) in [7, 11) is 0. The van der Waals surface area contributed by atoms with E-state index in [-0.39, 0.29) is 31.3 Å². The van der Waals surface area contributed by atoms with Crippen LogP contribution in [-0.4, -0.2) is 48.7 Å². The average Bonchev–Trinajstić information content (AvgIpc) is 2.90. The summed E-state index contributed by atoms with van der Waals surface area (Å²) in [5.74, 6) is -12.8. The number of carbonyl (C=O) groups excluding carboxylic acids is 3. The highest BCUT2D eigenvalue weighted by atomic mass is 19.2. The van der Waals surface area contributed by atoms with Gasteiger partial charge >= 0.3 is 0 Å². The predicted octanol–water partition coefficient (Wildman–Crippen LogP) is 1.56. The van der Waals surface area contributed by atoms with Gasteiger partial charge in [0.25, 0.3) is 0 Å². The van der Waals surface area contributed by atoms with Crippen molar-refractivity contribution >= 4 is 24.1 Å². The van der Waals surface area contributed by atoms with Gasteiger partial charge in [-0.3, -0.25) is 19.8 Å². The van der Waals surface area contributed by atoms with Gasteiger partial charge in [-0.25, -0.2) is 22.0 Å². The molecule has 0 aromatic heterocycles. The lowest BCUT2D eigenvalue weighted by Gasteiger charge is -2.28. The van der Waals surface area contributed by atoms with Gasteiger partial charge in [-0.05, 0) is 25.2 Å². The van der Waals surface area contributed by atoms with E-state index in [0.717, 1.165) is 32.1 Å². The fraction of sp³-hybridized carbons (Fsp3) is 0.583. The molecule has 9 nitrogen and oxygen atoms in total. The number of halogens is 5. The van der Waals surface area contributed by atoms with E-state index in [0.29, 0.717) is 6.42 Å². The molecular weight excluding hydrogens is 515 g/mol. The van der Waals surface area contributed by atoms with E-state index in [4.69, 9.17) is 16.9 Å². The van der Waals surface area contributed by atoms with Gasteiger partial charge in [-0.2, -0.15) is 0 Å². The topological polar surface area (TPSA) is 163 Å². The number of rotatable bonds is 13. The zero-order chi connectivity index (χ0) is 28.4. The SMILES string of the molecule is N=C(N)NCCC[C@H]([C]=O)NC(=O)[C@@H](CC1CCCCC1)NC(=O)[C@H](N)Cc1c(F)c(F)c(F)c(F)c1F. The first-order valence-corrected chi connectivity index (χ1v) is 12.3. The van der Waals surface area contributed by atoms with E-state index >= 15 is 0 Å².